The fourth-order valence-corrected chi connectivity index (χ4v) is 4.62. The Bertz CT molecular complexity index is 1100. The predicted molar refractivity (Wildman–Crippen MR) is 121 cm³/mol. The number of nitrogens with one attached hydrogen (secondary N) is 3. The first-order chi connectivity index (χ1) is 17.1. The summed E-state index contributed by atoms with van der Waals surface area (Å²) < 4.78 is 59.0. The summed E-state index contributed by atoms with van der Waals surface area (Å²) in [5.74, 6) is -5.51. The van der Waals surface area contributed by atoms with Crippen LogP contribution in [0.1, 0.15) is 42.0 Å². The Kier molecular flexibility index (Phi) is 7.74. The number of aryl methyl sites for hydroxylation is 1. The number of alkyl halides is 4. The Morgan fingerprint density at radius 1 is 1.17 bits per heavy atom. The molecule has 12 heteroatoms. The van der Waals surface area contributed by atoms with Crippen LogP contribution in [0.15, 0.2) is 36.4 Å². The number of carboxylic acid groups (broad SMARTS) is 1. The molecule has 8 nitrogen and oxygen atoms in total. The maximum atomic E-state index is 14.9. The SMILES string of the molecule is O=C(O)C[C@@H](c1ccc(OC(F)F)cc1)C1NNC(CC(F)(F)Cc2ccc3c(n2)NCCC3)C1=O. The van der Waals surface area contributed by atoms with E-state index < -0.39 is 61.6 Å². The zero-order chi connectivity index (χ0) is 25.9. The largest absolute Gasteiger partial charge is 0.481 e. The summed E-state index contributed by atoms with van der Waals surface area (Å²) in [7, 11) is 0. The molecule has 4 N–H and O–H groups in total. The number of hydrogen-bond acceptors (Lipinski definition) is 7. The van der Waals surface area contributed by atoms with Gasteiger partial charge in [-0.1, -0.05) is 18.2 Å². The van der Waals surface area contributed by atoms with Crippen molar-refractivity contribution in [3.05, 3.63) is 53.2 Å². The van der Waals surface area contributed by atoms with Gasteiger partial charge in [-0.15, -0.1) is 0 Å². The molecule has 3 heterocycles. The molecule has 1 aromatic heterocycles. The number of anilines is 1. The van der Waals surface area contributed by atoms with Crippen LogP contribution in [-0.2, 0) is 22.4 Å². The van der Waals surface area contributed by atoms with Gasteiger partial charge >= 0.3 is 12.6 Å². The maximum Gasteiger partial charge on any atom is 0.387 e. The Morgan fingerprint density at radius 3 is 2.61 bits per heavy atom. The van der Waals surface area contributed by atoms with E-state index in [1.54, 1.807) is 12.1 Å². The first kappa shape index (κ1) is 25.8. The molecule has 194 valence electrons. The molecule has 0 radical (unpaired) electrons. The van der Waals surface area contributed by atoms with E-state index in [1.165, 1.54) is 24.3 Å². The van der Waals surface area contributed by atoms with Gasteiger partial charge < -0.3 is 15.2 Å². The number of carboxylic acids is 1. The predicted octanol–water partition coefficient (Wildman–Crippen LogP) is 3.28. The molecule has 3 atom stereocenters. The van der Waals surface area contributed by atoms with Crippen LogP contribution in [0.3, 0.4) is 0 Å². The number of rotatable bonds is 10. The van der Waals surface area contributed by atoms with E-state index in [0.717, 1.165) is 24.9 Å². The molecule has 1 aromatic carbocycles. The van der Waals surface area contributed by atoms with Gasteiger partial charge in [-0.3, -0.25) is 9.59 Å². The van der Waals surface area contributed by atoms with E-state index in [2.05, 4.69) is 25.9 Å². The van der Waals surface area contributed by atoms with Gasteiger partial charge in [-0.25, -0.2) is 24.6 Å². The molecule has 1 saturated heterocycles. The standard InChI is InChI=1S/C24H26F4N4O4/c25-23(26)36-16-7-4-13(5-8-16)17(10-19(33)34)20-21(35)18(31-32-20)12-24(27,28)11-15-6-3-14-2-1-9-29-22(14)30-15/h3-8,17-18,20,23,31-32H,1-2,9-12H2,(H,29,30)(H,33,34)/t17-,18?,20?/m0/s1. The molecule has 0 saturated carbocycles. The lowest BCUT2D eigenvalue weighted by Crippen LogP contribution is -2.38. The van der Waals surface area contributed by atoms with Crippen LogP contribution in [0.5, 0.6) is 5.75 Å². The Labute approximate surface area is 204 Å². The minimum absolute atomic E-state index is 0.129. The van der Waals surface area contributed by atoms with Crippen molar-refractivity contribution in [1.29, 1.82) is 0 Å². The summed E-state index contributed by atoms with van der Waals surface area (Å²) in [4.78, 5) is 28.8. The highest BCUT2D eigenvalue weighted by Gasteiger charge is 2.45. The van der Waals surface area contributed by atoms with Crippen LogP contribution in [0.25, 0.3) is 0 Å². The van der Waals surface area contributed by atoms with Crippen molar-refractivity contribution >= 4 is 17.6 Å². The van der Waals surface area contributed by atoms with Gasteiger partial charge in [0.05, 0.1) is 24.9 Å². The van der Waals surface area contributed by atoms with Crippen molar-refractivity contribution in [1.82, 2.24) is 15.8 Å². The van der Waals surface area contributed by atoms with Crippen molar-refractivity contribution in [2.24, 2.45) is 0 Å². The van der Waals surface area contributed by atoms with Crippen LogP contribution in [0.4, 0.5) is 23.4 Å². The van der Waals surface area contributed by atoms with E-state index in [0.29, 0.717) is 11.4 Å². The fourth-order valence-electron chi connectivity index (χ4n) is 4.62. The van der Waals surface area contributed by atoms with E-state index >= 15 is 0 Å². The lowest BCUT2D eigenvalue weighted by molar-refractivity contribution is -0.137. The van der Waals surface area contributed by atoms with Crippen LogP contribution in [-0.4, -0.2) is 53.0 Å². The number of pyridine rings is 1. The Hall–Kier alpha value is -3.25. The van der Waals surface area contributed by atoms with E-state index in [-0.39, 0.29) is 11.4 Å². The fraction of sp³-hybridized carbons (Fsp3) is 0.458. The second-order valence-electron chi connectivity index (χ2n) is 8.95. The number of benzene rings is 1. The molecule has 0 spiro atoms. The van der Waals surface area contributed by atoms with Gasteiger partial charge in [0.2, 0.25) is 0 Å². The van der Waals surface area contributed by atoms with Crippen LogP contribution < -0.4 is 20.9 Å². The second-order valence-corrected chi connectivity index (χ2v) is 8.95. The molecular formula is C24H26F4N4O4. The maximum absolute atomic E-state index is 14.9. The van der Waals surface area contributed by atoms with Crippen molar-refractivity contribution < 1.29 is 37.0 Å². The topological polar surface area (TPSA) is 113 Å². The van der Waals surface area contributed by atoms with Gasteiger partial charge in [0.15, 0.2) is 5.78 Å². The first-order valence-corrected chi connectivity index (χ1v) is 11.5. The molecule has 2 aliphatic heterocycles. The summed E-state index contributed by atoms with van der Waals surface area (Å²) in [6.07, 6.45) is -0.149. The number of halogens is 4. The number of carbonyl (C=O) groups excluding carboxylic acids is 1. The molecule has 4 rings (SSSR count). The zero-order valence-electron chi connectivity index (χ0n) is 19.1. The quantitative estimate of drug-likeness (QED) is 0.361. The van der Waals surface area contributed by atoms with Gasteiger partial charge in [0.25, 0.3) is 5.92 Å². The third-order valence-corrected chi connectivity index (χ3v) is 6.29. The van der Waals surface area contributed by atoms with Gasteiger partial charge in [-0.05, 0) is 42.2 Å². The van der Waals surface area contributed by atoms with Crippen LogP contribution in [0, 0.1) is 0 Å². The number of hydrazine groups is 1. The summed E-state index contributed by atoms with van der Waals surface area (Å²) >= 11 is 0. The van der Waals surface area contributed by atoms with Gasteiger partial charge in [-0.2, -0.15) is 8.78 Å². The van der Waals surface area contributed by atoms with E-state index in [9.17, 15) is 32.3 Å². The molecule has 2 unspecified atom stereocenters. The molecule has 2 aliphatic rings. The van der Waals surface area contributed by atoms with E-state index in [1.807, 2.05) is 0 Å². The number of Topliss-reactive ketones (excluding diaryl/α,β-unsaturated/α-hetero) is 1. The average molecular weight is 510 g/mol. The number of ether oxygens (including phenoxy) is 1. The number of nitrogens with zero attached hydrogens (tertiary/aromatic N) is 1. The Balaban J connectivity index is 1.44. The molecule has 0 amide bonds. The van der Waals surface area contributed by atoms with Crippen LogP contribution in [0.2, 0.25) is 0 Å². The highest BCUT2D eigenvalue weighted by molar-refractivity contribution is 5.92. The molecule has 0 bridgehead atoms. The van der Waals surface area contributed by atoms with Crippen LogP contribution >= 0.6 is 0 Å². The highest BCUT2D eigenvalue weighted by Crippen LogP contribution is 2.32. The summed E-state index contributed by atoms with van der Waals surface area (Å²) in [5, 5.41) is 12.5. The van der Waals surface area contributed by atoms with E-state index in [4.69, 9.17) is 0 Å². The molecular weight excluding hydrogens is 484 g/mol. The normalized spacial score (nSPS) is 20.6. The lowest BCUT2D eigenvalue weighted by Gasteiger charge is -2.22. The molecule has 1 fully saturated rings. The summed E-state index contributed by atoms with van der Waals surface area (Å²) in [6, 6.07) is 6.20. The Morgan fingerprint density at radius 2 is 1.92 bits per heavy atom. The highest BCUT2D eigenvalue weighted by atomic mass is 19.3. The third kappa shape index (κ3) is 6.30. The van der Waals surface area contributed by atoms with Gasteiger partial charge in [0, 0.05) is 24.6 Å². The van der Waals surface area contributed by atoms with Crippen molar-refractivity contribution in [2.45, 2.75) is 62.6 Å². The number of fused-ring (bicyclic) bond motifs is 1. The van der Waals surface area contributed by atoms with Crippen molar-refractivity contribution in [3.63, 3.8) is 0 Å². The number of carbonyl (C=O) groups is 2. The number of aliphatic carboxylic acids is 1. The number of ketones is 1. The second kappa shape index (κ2) is 10.8. The average Bonchev–Trinajstić information content (AvgIpc) is 3.16. The summed E-state index contributed by atoms with van der Waals surface area (Å²) in [5.41, 5.74) is 6.79. The first-order valence-electron chi connectivity index (χ1n) is 11.5. The minimum atomic E-state index is -3.25. The molecule has 2 aromatic rings. The smallest absolute Gasteiger partial charge is 0.387 e. The lowest BCUT2D eigenvalue weighted by atomic mass is 9.85. The van der Waals surface area contributed by atoms with Crippen molar-refractivity contribution in [2.75, 3.05) is 11.9 Å². The molecule has 0 aliphatic carbocycles. The number of hydrogen-bond donors (Lipinski definition) is 4. The number of aromatic nitrogens is 1. The van der Waals surface area contributed by atoms with Gasteiger partial charge in [0.1, 0.15) is 11.6 Å². The zero-order valence-corrected chi connectivity index (χ0v) is 19.1. The summed E-state index contributed by atoms with van der Waals surface area (Å²) in [6.45, 7) is -2.30. The molecule has 36 heavy (non-hydrogen) atoms. The monoisotopic (exact) mass is 510 g/mol. The third-order valence-electron chi connectivity index (χ3n) is 6.29. The minimum Gasteiger partial charge on any atom is -0.481 e. The van der Waals surface area contributed by atoms with Crippen molar-refractivity contribution in [3.8, 4) is 5.75 Å².